The number of hydrogen-bond acceptors (Lipinski definition) is 5. The van der Waals surface area contributed by atoms with E-state index in [1.165, 1.54) is 30.3 Å². The van der Waals surface area contributed by atoms with Gasteiger partial charge in [-0.05, 0) is 92.0 Å². The number of benzene rings is 4. The first-order chi connectivity index (χ1) is 20.0. The number of anilines is 2. The SMILES string of the molecule is CC(C)(C)OC(=O)Nc1ccc(Br)cc1F.Nc1ccc(-c2ccc(F)c(F)c2)cc1F.OB(O)c1ccc(F)c(F)c1. The number of amides is 1. The van der Waals surface area contributed by atoms with Crippen LogP contribution in [0.25, 0.3) is 11.1 Å². The molecule has 0 radical (unpaired) electrons. The molecular weight excluding hydrogens is 645 g/mol. The van der Waals surface area contributed by atoms with Gasteiger partial charge >= 0.3 is 13.2 Å². The second-order valence-electron chi connectivity index (χ2n) is 9.66. The van der Waals surface area contributed by atoms with Gasteiger partial charge in [-0.3, -0.25) is 5.32 Å². The molecule has 0 unspecified atom stereocenters. The molecule has 0 aromatic heterocycles. The van der Waals surface area contributed by atoms with E-state index in [-0.39, 0.29) is 16.8 Å². The molecule has 0 saturated carbocycles. The van der Waals surface area contributed by atoms with Crippen molar-refractivity contribution in [1.29, 1.82) is 0 Å². The highest BCUT2D eigenvalue weighted by molar-refractivity contribution is 9.10. The molecular formula is C29H26BBrF6N2O4. The highest BCUT2D eigenvalue weighted by atomic mass is 79.9. The summed E-state index contributed by atoms with van der Waals surface area (Å²) in [5.41, 5.74) is 5.61. The summed E-state index contributed by atoms with van der Waals surface area (Å²) in [6.45, 7) is 5.22. The summed E-state index contributed by atoms with van der Waals surface area (Å²) in [5, 5.41) is 19.3. The Morgan fingerprint density at radius 1 is 0.744 bits per heavy atom. The number of rotatable bonds is 3. The van der Waals surface area contributed by atoms with Gasteiger partial charge in [0.1, 0.15) is 17.2 Å². The molecule has 0 aliphatic heterocycles. The number of carbonyl (C=O) groups excluding carboxylic acids is 1. The van der Waals surface area contributed by atoms with Crippen LogP contribution in [0.2, 0.25) is 0 Å². The Labute approximate surface area is 252 Å². The lowest BCUT2D eigenvalue weighted by Crippen LogP contribution is -2.30. The van der Waals surface area contributed by atoms with E-state index in [2.05, 4.69) is 21.2 Å². The van der Waals surface area contributed by atoms with Crippen LogP contribution in [0.4, 0.5) is 42.5 Å². The normalized spacial score (nSPS) is 10.5. The van der Waals surface area contributed by atoms with Crippen LogP contribution in [0.3, 0.4) is 0 Å². The molecule has 0 bridgehead atoms. The van der Waals surface area contributed by atoms with Crippen molar-refractivity contribution in [1.82, 2.24) is 0 Å². The summed E-state index contributed by atoms with van der Waals surface area (Å²) in [4.78, 5) is 11.4. The van der Waals surface area contributed by atoms with Crippen LogP contribution in [-0.4, -0.2) is 28.9 Å². The molecule has 0 saturated heterocycles. The maximum Gasteiger partial charge on any atom is 0.488 e. The van der Waals surface area contributed by atoms with E-state index in [0.717, 1.165) is 30.3 Å². The lowest BCUT2D eigenvalue weighted by molar-refractivity contribution is 0.0635. The van der Waals surface area contributed by atoms with Crippen molar-refractivity contribution in [3.63, 3.8) is 0 Å². The fourth-order valence-electron chi connectivity index (χ4n) is 3.06. The first kappa shape index (κ1) is 35.2. The van der Waals surface area contributed by atoms with Crippen molar-refractivity contribution < 1.29 is 45.9 Å². The minimum absolute atomic E-state index is 0.0198. The number of nitrogens with one attached hydrogen (secondary N) is 1. The summed E-state index contributed by atoms with van der Waals surface area (Å²) in [7, 11) is -1.76. The summed E-state index contributed by atoms with van der Waals surface area (Å²) in [6.07, 6.45) is -0.672. The van der Waals surface area contributed by atoms with Gasteiger partial charge in [-0.15, -0.1) is 0 Å². The molecule has 0 atom stereocenters. The van der Waals surface area contributed by atoms with E-state index in [9.17, 15) is 31.1 Å². The van der Waals surface area contributed by atoms with E-state index in [4.69, 9.17) is 20.5 Å². The van der Waals surface area contributed by atoms with E-state index >= 15 is 0 Å². The standard InChI is InChI=1S/C12H8F3N.C11H13BrFNO2.C6H5BF2O2/c13-9-3-1-7(5-10(9)14)8-2-4-12(16)11(15)6-8;1-11(2,3)16-10(15)14-9-5-4-7(12)6-8(9)13;8-5-2-1-4(7(10)11)3-6(5)9/h1-6H,16H2;4-6H,1-3H3,(H,14,15);1-3,10-11H. The Balaban J connectivity index is 0.000000230. The van der Waals surface area contributed by atoms with Gasteiger partial charge in [-0.2, -0.15) is 0 Å². The third-order valence-electron chi connectivity index (χ3n) is 5.06. The quantitative estimate of drug-likeness (QED) is 0.108. The van der Waals surface area contributed by atoms with Gasteiger partial charge < -0.3 is 20.5 Å². The zero-order chi connectivity index (χ0) is 32.5. The number of carbonyl (C=O) groups is 1. The van der Waals surface area contributed by atoms with E-state index in [0.29, 0.717) is 15.6 Å². The zero-order valence-electron chi connectivity index (χ0n) is 22.9. The molecule has 0 aliphatic carbocycles. The van der Waals surface area contributed by atoms with Gasteiger partial charge in [-0.1, -0.05) is 34.1 Å². The topological polar surface area (TPSA) is 105 Å². The molecule has 4 aromatic carbocycles. The monoisotopic (exact) mass is 670 g/mol. The minimum atomic E-state index is -1.76. The van der Waals surface area contributed by atoms with Gasteiger partial charge in [-0.25, -0.2) is 31.1 Å². The molecule has 1 amide bonds. The molecule has 0 heterocycles. The summed E-state index contributed by atoms with van der Waals surface area (Å²) < 4.78 is 82.3. The third-order valence-corrected chi connectivity index (χ3v) is 5.56. The van der Waals surface area contributed by atoms with Crippen molar-refractivity contribution in [3.8, 4) is 11.1 Å². The molecule has 4 rings (SSSR count). The van der Waals surface area contributed by atoms with Crippen LogP contribution in [0.5, 0.6) is 0 Å². The van der Waals surface area contributed by atoms with Crippen molar-refractivity contribution in [2.24, 2.45) is 0 Å². The molecule has 6 nitrogen and oxygen atoms in total. The second kappa shape index (κ2) is 15.5. The lowest BCUT2D eigenvalue weighted by atomic mass is 9.80. The van der Waals surface area contributed by atoms with Crippen LogP contribution < -0.4 is 16.5 Å². The maximum absolute atomic E-state index is 13.3. The van der Waals surface area contributed by atoms with E-state index < -0.39 is 53.7 Å². The van der Waals surface area contributed by atoms with Gasteiger partial charge in [0.2, 0.25) is 0 Å². The molecule has 4 aromatic rings. The molecule has 228 valence electrons. The number of nitrogen functional groups attached to an aromatic ring is 1. The van der Waals surface area contributed by atoms with Crippen LogP contribution in [0.1, 0.15) is 20.8 Å². The van der Waals surface area contributed by atoms with Crippen molar-refractivity contribution in [3.05, 3.63) is 112 Å². The number of halogens is 7. The van der Waals surface area contributed by atoms with E-state index in [1.807, 2.05) is 0 Å². The summed E-state index contributed by atoms with van der Waals surface area (Å²) in [5.74, 6) is -5.08. The van der Waals surface area contributed by atoms with Crippen LogP contribution >= 0.6 is 15.9 Å². The molecule has 0 spiro atoms. The van der Waals surface area contributed by atoms with E-state index in [1.54, 1.807) is 32.9 Å². The number of ether oxygens (including phenoxy) is 1. The first-order valence-electron chi connectivity index (χ1n) is 12.2. The second-order valence-corrected chi connectivity index (χ2v) is 10.6. The Morgan fingerprint density at radius 3 is 1.77 bits per heavy atom. The first-order valence-corrected chi connectivity index (χ1v) is 13.0. The molecule has 0 aliphatic rings. The summed E-state index contributed by atoms with van der Waals surface area (Å²) >= 11 is 3.13. The van der Waals surface area contributed by atoms with Gasteiger partial charge in [0.25, 0.3) is 0 Å². The summed E-state index contributed by atoms with van der Waals surface area (Å²) in [6, 6.07) is 14.5. The molecule has 5 N–H and O–H groups in total. The van der Waals surface area contributed by atoms with Gasteiger partial charge in [0, 0.05) is 4.47 Å². The van der Waals surface area contributed by atoms with Gasteiger partial charge in [0.05, 0.1) is 11.4 Å². The van der Waals surface area contributed by atoms with Crippen molar-refractivity contribution in [2.45, 2.75) is 26.4 Å². The highest BCUT2D eigenvalue weighted by Crippen LogP contribution is 2.24. The average molecular weight is 671 g/mol. The highest BCUT2D eigenvalue weighted by Gasteiger charge is 2.17. The van der Waals surface area contributed by atoms with Crippen LogP contribution in [-0.2, 0) is 4.74 Å². The van der Waals surface area contributed by atoms with Crippen molar-refractivity contribution in [2.75, 3.05) is 11.1 Å². The number of nitrogens with two attached hydrogens (primary N) is 1. The van der Waals surface area contributed by atoms with Crippen molar-refractivity contribution >= 4 is 46.0 Å². The van der Waals surface area contributed by atoms with Crippen LogP contribution in [0, 0.1) is 34.9 Å². The fraction of sp³-hybridized carbons (Fsp3) is 0.138. The predicted molar refractivity (Wildman–Crippen MR) is 156 cm³/mol. The Morgan fingerprint density at radius 2 is 1.28 bits per heavy atom. The Bertz CT molecular complexity index is 1520. The minimum Gasteiger partial charge on any atom is -0.444 e. The zero-order valence-corrected chi connectivity index (χ0v) is 24.5. The Kier molecular flexibility index (Phi) is 12.7. The smallest absolute Gasteiger partial charge is 0.444 e. The molecule has 43 heavy (non-hydrogen) atoms. The fourth-order valence-corrected chi connectivity index (χ4v) is 3.39. The Hall–Kier alpha value is -4.01. The van der Waals surface area contributed by atoms with Gasteiger partial charge in [0.15, 0.2) is 23.3 Å². The predicted octanol–water partition coefficient (Wildman–Crippen LogP) is 6.93. The number of hydrogen-bond donors (Lipinski definition) is 4. The molecule has 14 heteroatoms. The average Bonchev–Trinajstić information content (AvgIpc) is 2.90. The largest absolute Gasteiger partial charge is 0.488 e. The van der Waals surface area contributed by atoms with Crippen LogP contribution in [0.15, 0.2) is 77.3 Å². The third kappa shape index (κ3) is 11.7. The lowest BCUT2D eigenvalue weighted by Gasteiger charge is -2.19. The maximum atomic E-state index is 13.3. The molecule has 0 fully saturated rings.